The van der Waals surface area contributed by atoms with Gasteiger partial charge in [0.25, 0.3) is 0 Å². The fourth-order valence-corrected chi connectivity index (χ4v) is 2.99. The molecule has 90 valence electrons. The predicted octanol–water partition coefficient (Wildman–Crippen LogP) is 1.53. The molecule has 1 amide bonds. The Morgan fingerprint density at radius 3 is 2.82 bits per heavy atom. The summed E-state index contributed by atoms with van der Waals surface area (Å²) in [6.45, 7) is 0.444. The average molecular weight is 234 g/mol. The number of nitrogens with zero attached hydrogens (tertiary/aromatic N) is 1. The van der Waals surface area contributed by atoms with Gasteiger partial charge in [-0.15, -0.1) is 0 Å². The van der Waals surface area contributed by atoms with E-state index in [2.05, 4.69) is 0 Å². The minimum atomic E-state index is -0.315. The van der Waals surface area contributed by atoms with Crippen molar-refractivity contribution in [1.82, 2.24) is 0 Å². The van der Waals surface area contributed by atoms with Crippen molar-refractivity contribution in [3.63, 3.8) is 0 Å². The monoisotopic (exact) mass is 234 g/mol. The highest BCUT2D eigenvalue weighted by Crippen LogP contribution is 2.45. The topological polar surface area (TPSA) is 46.3 Å². The number of hydrogen-bond acceptors (Lipinski definition) is 2. The second-order valence-corrected chi connectivity index (χ2v) is 4.92. The maximum Gasteiger partial charge on any atom is 0.230 e. The SMILES string of the molecule is NCC1C2CC(C2)C(=O)N1c1cccc(F)c1. The molecule has 0 radical (unpaired) electrons. The lowest BCUT2D eigenvalue weighted by Crippen LogP contribution is -2.62. The number of hydrogen-bond donors (Lipinski definition) is 1. The van der Waals surface area contributed by atoms with Crippen LogP contribution in [0.15, 0.2) is 24.3 Å². The highest BCUT2D eigenvalue weighted by molar-refractivity contribution is 5.97. The van der Waals surface area contributed by atoms with E-state index < -0.39 is 0 Å². The molecule has 3 nitrogen and oxygen atoms in total. The highest BCUT2D eigenvalue weighted by atomic mass is 19.1. The van der Waals surface area contributed by atoms with Crippen molar-refractivity contribution in [3.8, 4) is 0 Å². The summed E-state index contributed by atoms with van der Waals surface area (Å²) in [7, 11) is 0. The molecule has 1 atom stereocenters. The van der Waals surface area contributed by atoms with E-state index in [1.807, 2.05) is 0 Å². The zero-order valence-corrected chi connectivity index (χ0v) is 9.47. The van der Waals surface area contributed by atoms with Gasteiger partial charge in [-0.2, -0.15) is 0 Å². The van der Waals surface area contributed by atoms with Crippen LogP contribution >= 0.6 is 0 Å². The van der Waals surface area contributed by atoms with E-state index in [1.165, 1.54) is 12.1 Å². The molecule has 2 aliphatic heterocycles. The third-order valence-electron chi connectivity index (χ3n) is 3.96. The summed E-state index contributed by atoms with van der Waals surface area (Å²) >= 11 is 0. The molecule has 2 saturated heterocycles. The molecule has 1 aliphatic carbocycles. The van der Waals surface area contributed by atoms with Crippen LogP contribution in [0.25, 0.3) is 0 Å². The third kappa shape index (κ3) is 1.55. The molecule has 4 rings (SSSR count). The smallest absolute Gasteiger partial charge is 0.230 e. The van der Waals surface area contributed by atoms with Gasteiger partial charge < -0.3 is 10.6 Å². The molecular formula is C13H15FN2O. The van der Waals surface area contributed by atoms with Crippen molar-refractivity contribution in [3.05, 3.63) is 30.1 Å². The number of carbonyl (C=O) groups excluding carboxylic acids is 1. The summed E-state index contributed by atoms with van der Waals surface area (Å²) < 4.78 is 13.2. The van der Waals surface area contributed by atoms with E-state index >= 15 is 0 Å². The first-order valence-corrected chi connectivity index (χ1v) is 5.99. The second kappa shape index (κ2) is 3.81. The molecule has 2 heterocycles. The number of piperidine rings is 2. The maximum absolute atomic E-state index is 13.2. The quantitative estimate of drug-likeness (QED) is 0.843. The molecular weight excluding hydrogens is 219 g/mol. The van der Waals surface area contributed by atoms with Crippen LogP contribution in [0.4, 0.5) is 10.1 Å². The van der Waals surface area contributed by atoms with Crippen molar-refractivity contribution in [2.75, 3.05) is 11.4 Å². The molecule has 3 aliphatic rings. The largest absolute Gasteiger partial charge is 0.328 e. The minimum absolute atomic E-state index is 0.0364. The lowest BCUT2D eigenvalue weighted by Gasteiger charge is -2.51. The Morgan fingerprint density at radius 1 is 1.41 bits per heavy atom. The van der Waals surface area contributed by atoms with Crippen LogP contribution in [0.2, 0.25) is 0 Å². The predicted molar refractivity (Wildman–Crippen MR) is 62.9 cm³/mol. The van der Waals surface area contributed by atoms with Gasteiger partial charge in [0, 0.05) is 18.2 Å². The summed E-state index contributed by atoms with van der Waals surface area (Å²) in [5.74, 6) is 0.413. The van der Waals surface area contributed by atoms with Gasteiger partial charge in [-0.1, -0.05) is 6.07 Å². The number of halogens is 1. The number of fused-ring (bicyclic) bond motifs is 2. The van der Waals surface area contributed by atoms with Gasteiger partial charge in [0.2, 0.25) is 5.91 Å². The van der Waals surface area contributed by atoms with E-state index in [9.17, 15) is 9.18 Å². The third-order valence-corrected chi connectivity index (χ3v) is 3.96. The van der Waals surface area contributed by atoms with Crippen LogP contribution in [0, 0.1) is 17.7 Å². The average Bonchev–Trinajstić information content (AvgIpc) is 2.26. The number of amides is 1. The van der Waals surface area contributed by atoms with Gasteiger partial charge in [0.05, 0.1) is 6.04 Å². The molecule has 17 heavy (non-hydrogen) atoms. The van der Waals surface area contributed by atoms with Crippen LogP contribution in [0.1, 0.15) is 12.8 Å². The van der Waals surface area contributed by atoms with Crippen LogP contribution in [-0.4, -0.2) is 18.5 Å². The highest BCUT2D eigenvalue weighted by Gasteiger charge is 2.49. The maximum atomic E-state index is 13.2. The lowest BCUT2D eigenvalue weighted by atomic mass is 9.66. The first-order chi connectivity index (χ1) is 8.20. The molecule has 4 heteroatoms. The van der Waals surface area contributed by atoms with E-state index in [-0.39, 0.29) is 23.7 Å². The molecule has 3 fully saturated rings. The van der Waals surface area contributed by atoms with Gasteiger partial charge in [0.15, 0.2) is 0 Å². The fourth-order valence-electron chi connectivity index (χ4n) is 2.99. The van der Waals surface area contributed by atoms with Gasteiger partial charge in [-0.3, -0.25) is 4.79 Å². The lowest BCUT2D eigenvalue weighted by molar-refractivity contribution is -0.132. The number of nitrogens with two attached hydrogens (primary N) is 1. The zero-order chi connectivity index (χ0) is 12.0. The first-order valence-electron chi connectivity index (χ1n) is 5.99. The van der Waals surface area contributed by atoms with E-state index in [0.29, 0.717) is 18.2 Å². The molecule has 1 aromatic rings. The van der Waals surface area contributed by atoms with Crippen molar-refractivity contribution in [1.29, 1.82) is 0 Å². The Labute approximate surface area is 99.4 Å². The minimum Gasteiger partial charge on any atom is -0.328 e. The van der Waals surface area contributed by atoms with Crippen LogP contribution in [0.3, 0.4) is 0 Å². The summed E-state index contributed by atoms with van der Waals surface area (Å²) in [5.41, 5.74) is 6.40. The number of benzene rings is 1. The first kappa shape index (κ1) is 10.7. The molecule has 1 aromatic carbocycles. The van der Waals surface area contributed by atoms with Crippen LogP contribution < -0.4 is 10.6 Å². The summed E-state index contributed by atoms with van der Waals surface area (Å²) in [5, 5.41) is 0. The molecule has 0 spiro atoms. The molecule has 2 N–H and O–H groups in total. The fraction of sp³-hybridized carbons (Fsp3) is 0.462. The van der Waals surface area contributed by atoms with E-state index in [1.54, 1.807) is 17.0 Å². The van der Waals surface area contributed by atoms with Crippen molar-refractivity contribution in [2.45, 2.75) is 18.9 Å². The van der Waals surface area contributed by atoms with Crippen LogP contribution in [-0.2, 0) is 4.79 Å². The van der Waals surface area contributed by atoms with E-state index in [0.717, 1.165) is 12.8 Å². The molecule has 0 aromatic heterocycles. The Kier molecular flexibility index (Phi) is 2.40. The molecule has 2 bridgehead atoms. The van der Waals surface area contributed by atoms with Crippen molar-refractivity contribution >= 4 is 11.6 Å². The number of carbonyl (C=O) groups is 1. The Balaban J connectivity index is 1.97. The van der Waals surface area contributed by atoms with Crippen LogP contribution in [0.5, 0.6) is 0 Å². The number of anilines is 1. The van der Waals surface area contributed by atoms with Gasteiger partial charge in [-0.25, -0.2) is 4.39 Å². The summed E-state index contributed by atoms with van der Waals surface area (Å²) in [6.07, 6.45) is 1.90. The zero-order valence-electron chi connectivity index (χ0n) is 9.47. The van der Waals surface area contributed by atoms with Gasteiger partial charge in [-0.05, 0) is 37.0 Å². The van der Waals surface area contributed by atoms with Gasteiger partial charge >= 0.3 is 0 Å². The van der Waals surface area contributed by atoms with Gasteiger partial charge in [0.1, 0.15) is 5.82 Å². The Morgan fingerprint density at radius 2 is 2.18 bits per heavy atom. The van der Waals surface area contributed by atoms with E-state index in [4.69, 9.17) is 5.73 Å². The summed E-state index contributed by atoms with van der Waals surface area (Å²) in [6, 6.07) is 6.23. The number of rotatable bonds is 2. The van der Waals surface area contributed by atoms with Crippen molar-refractivity contribution in [2.24, 2.45) is 17.6 Å². The molecule has 1 unspecified atom stereocenters. The normalized spacial score (nSPS) is 31.3. The Hall–Kier alpha value is -1.42. The standard InChI is InChI=1S/C13H15FN2O/c14-10-2-1-3-11(6-10)16-12(7-15)8-4-9(5-8)13(16)17/h1-3,6,8-9,12H,4-5,7,15H2. The Bertz CT molecular complexity index is 456. The second-order valence-electron chi connectivity index (χ2n) is 4.92. The molecule has 1 saturated carbocycles. The summed E-state index contributed by atoms with van der Waals surface area (Å²) in [4.78, 5) is 13.9. The van der Waals surface area contributed by atoms with Crippen molar-refractivity contribution < 1.29 is 9.18 Å².